The predicted octanol–water partition coefficient (Wildman–Crippen LogP) is 12.3. The van der Waals surface area contributed by atoms with E-state index in [-0.39, 0.29) is 16.9 Å². The molecule has 0 fully saturated rings. The lowest BCUT2D eigenvalue weighted by Gasteiger charge is -2.20. The maximum absolute atomic E-state index is 10.9. The molecule has 0 aliphatic rings. The van der Waals surface area contributed by atoms with Crippen LogP contribution in [-0.4, -0.2) is 9.13 Å². The Bertz CT molecular complexity index is 3350. The Morgan fingerprint density at radius 3 is 1.79 bits per heavy atom. The first kappa shape index (κ1) is 29.8. The summed E-state index contributed by atoms with van der Waals surface area (Å²) in [5.41, 5.74) is 7.59. The van der Waals surface area contributed by atoms with Crippen molar-refractivity contribution in [2.45, 2.75) is 0 Å². The van der Waals surface area contributed by atoms with Crippen LogP contribution in [0.1, 0.15) is 11.1 Å². The number of nitrogens with zero attached hydrogens (tertiary/aromatic N) is 6. The molecule has 0 unspecified atom stereocenters. The SMILES string of the molecule is [C-]#[N+]c1cc(-c2cccc(C#N)c2-n2c3ccccc3c3c4c(ccc32)oc2ccccc24)c(C#N)c([N+]#[C-])c1-n1c2ccccc2c2ccccc21. The van der Waals surface area contributed by atoms with Gasteiger partial charge in [-0.3, -0.25) is 0 Å². The highest BCUT2D eigenvalue weighted by Gasteiger charge is 2.27. The van der Waals surface area contributed by atoms with Gasteiger partial charge in [-0.2, -0.15) is 10.5 Å². The molecule has 10 aromatic rings. The van der Waals surface area contributed by atoms with Gasteiger partial charge in [0.25, 0.3) is 0 Å². The minimum absolute atomic E-state index is 0.0737. The molecule has 10 rings (SSSR count). The van der Waals surface area contributed by atoms with E-state index in [2.05, 4.69) is 38.5 Å². The molecule has 0 saturated heterocycles. The first-order valence-corrected chi connectivity index (χ1v) is 16.9. The highest BCUT2D eigenvalue weighted by Crippen LogP contribution is 2.48. The number of para-hydroxylation sites is 5. The fraction of sp³-hybridized carbons (Fsp3) is 0. The molecule has 0 bridgehead atoms. The van der Waals surface area contributed by atoms with E-state index in [4.69, 9.17) is 17.6 Å². The van der Waals surface area contributed by atoms with Crippen LogP contribution < -0.4 is 0 Å². The van der Waals surface area contributed by atoms with Crippen molar-refractivity contribution in [1.29, 1.82) is 10.5 Å². The van der Waals surface area contributed by atoms with Gasteiger partial charge in [-0.25, -0.2) is 9.69 Å². The number of fused-ring (bicyclic) bond motifs is 10. The van der Waals surface area contributed by atoms with Crippen LogP contribution >= 0.6 is 0 Å². The van der Waals surface area contributed by atoms with E-state index in [0.29, 0.717) is 28.1 Å². The molecule has 242 valence electrons. The Kier molecular flexibility index (Phi) is 6.30. The smallest absolute Gasteiger partial charge is 0.218 e. The van der Waals surface area contributed by atoms with E-state index in [1.165, 1.54) is 0 Å². The van der Waals surface area contributed by atoms with Gasteiger partial charge >= 0.3 is 0 Å². The summed E-state index contributed by atoms with van der Waals surface area (Å²) in [6.45, 7) is 16.9. The summed E-state index contributed by atoms with van der Waals surface area (Å²) < 4.78 is 10.3. The maximum atomic E-state index is 10.9. The molecular formula is C46H22N6O. The van der Waals surface area contributed by atoms with E-state index < -0.39 is 0 Å². The zero-order chi connectivity index (χ0) is 35.8. The molecule has 0 radical (unpaired) electrons. The normalized spacial score (nSPS) is 11.3. The second-order valence-electron chi connectivity index (χ2n) is 12.8. The zero-order valence-electron chi connectivity index (χ0n) is 27.8. The van der Waals surface area contributed by atoms with Crippen LogP contribution in [0.4, 0.5) is 11.4 Å². The Morgan fingerprint density at radius 1 is 0.509 bits per heavy atom. The molecule has 7 nitrogen and oxygen atoms in total. The number of aromatic nitrogens is 2. The van der Waals surface area contributed by atoms with Gasteiger partial charge in [0.15, 0.2) is 0 Å². The lowest BCUT2D eigenvalue weighted by atomic mass is 9.93. The summed E-state index contributed by atoms with van der Waals surface area (Å²) in [5, 5.41) is 27.5. The first-order chi connectivity index (χ1) is 26.2. The average Bonchev–Trinajstić information content (AvgIpc) is 3.87. The second kappa shape index (κ2) is 11.2. The van der Waals surface area contributed by atoms with Crippen molar-refractivity contribution in [2.24, 2.45) is 0 Å². The molecule has 0 N–H and O–H groups in total. The van der Waals surface area contributed by atoms with Crippen molar-refractivity contribution in [3.8, 4) is 34.6 Å². The van der Waals surface area contributed by atoms with E-state index in [1.54, 1.807) is 18.2 Å². The predicted molar refractivity (Wildman–Crippen MR) is 210 cm³/mol. The maximum Gasteiger partial charge on any atom is 0.218 e. The molecule has 7 heteroatoms. The number of nitriles is 2. The fourth-order valence-electron chi connectivity index (χ4n) is 8.16. The van der Waals surface area contributed by atoms with Crippen LogP contribution in [0.15, 0.2) is 138 Å². The van der Waals surface area contributed by atoms with Gasteiger partial charge in [-0.1, -0.05) is 84.9 Å². The summed E-state index contributed by atoms with van der Waals surface area (Å²) in [4.78, 5) is 7.98. The van der Waals surface area contributed by atoms with Gasteiger partial charge in [0.05, 0.1) is 63.8 Å². The Hall–Kier alpha value is -8.10. The van der Waals surface area contributed by atoms with E-state index >= 15 is 0 Å². The monoisotopic (exact) mass is 674 g/mol. The number of rotatable bonds is 3. The van der Waals surface area contributed by atoms with Crippen molar-refractivity contribution in [3.63, 3.8) is 0 Å². The van der Waals surface area contributed by atoms with Gasteiger partial charge in [0.2, 0.25) is 11.4 Å². The minimum Gasteiger partial charge on any atom is -0.456 e. The molecule has 0 saturated carbocycles. The third-order valence-corrected chi connectivity index (χ3v) is 10.2. The molecule has 0 atom stereocenters. The molecule has 7 aromatic carbocycles. The summed E-state index contributed by atoms with van der Waals surface area (Å²) >= 11 is 0. The highest BCUT2D eigenvalue weighted by molar-refractivity contribution is 6.27. The zero-order valence-corrected chi connectivity index (χ0v) is 27.8. The second-order valence-corrected chi connectivity index (χ2v) is 12.8. The largest absolute Gasteiger partial charge is 0.456 e. The third-order valence-electron chi connectivity index (χ3n) is 10.2. The molecule has 3 aromatic heterocycles. The van der Waals surface area contributed by atoms with E-state index in [1.807, 2.05) is 108 Å². The number of hydrogen-bond acceptors (Lipinski definition) is 3. The molecule has 0 amide bonds. The van der Waals surface area contributed by atoms with Crippen LogP contribution in [0, 0.1) is 35.8 Å². The van der Waals surface area contributed by atoms with Gasteiger partial charge in [-0.15, -0.1) is 0 Å². The van der Waals surface area contributed by atoms with Crippen molar-refractivity contribution >= 4 is 76.9 Å². The standard InChI is InChI=1S/C46H22N6O/c1-49-35-24-33(34(26-48)44(50-2)46(35)51-36-18-7-3-13-28(36)29-14-4-8-19-37(29)51)30-17-11-12-27(25-47)45(30)52-38-20-9-5-15-31(38)42-39(52)22-23-41-43(42)32-16-6-10-21-40(32)53-41/h3-24H. The highest BCUT2D eigenvalue weighted by atomic mass is 16.3. The fourth-order valence-corrected chi connectivity index (χ4v) is 8.16. The molecule has 0 aliphatic carbocycles. The van der Waals surface area contributed by atoms with Crippen LogP contribution in [0.5, 0.6) is 0 Å². The van der Waals surface area contributed by atoms with Crippen molar-refractivity contribution in [3.05, 3.63) is 167 Å². The third kappa shape index (κ3) is 3.99. The van der Waals surface area contributed by atoms with Crippen molar-refractivity contribution in [1.82, 2.24) is 9.13 Å². The summed E-state index contributed by atoms with van der Waals surface area (Å²) in [7, 11) is 0. The number of hydrogen-bond donors (Lipinski definition) is 0. The van der Waals surface area contributed by atoms with Crippen LogP contribution in [0.2, 0.25) is 0 Å². The topological polar surface area (TPSA) is 79.3 Å². The van der Waals surface area contributed by atoms with Crippen LogP contribution in [0.25, 0.3) is 97.7 Å². The van der Waals surface area contributed by atoms with Gasteiger partial charge in [0, 0.05) is 37.9 Å². The molecule has 3 heterocycles. The Balaban J connectivity index is 1.34. The summed E-state index contributed by atoms with van der Waals surface area (Å²) in [6, 6.07) is 47.6. The summed E-state index contributed by atoms with van der Waals surface area (Å²) in [6.07, 6.45) is 0. The average molecular weight is 675 g/mol. The van der Waals surface area contributed by atoms with Crippen molar-refractivity contribution < 1.29 is 4.42 Å². The van der Waals surface area contributed by atoms with Crippen molar-refractivity contribution in [2.75, 3.05) is 0 Å². The number of benzene rings is 7. The molecule has 0 spiro atoms. The van der Waals surface area contributed by atoms with Gasteiger partial charge in [0.1, 0.15) is 17.2 Å². The lowest BCUT2D eigenvalue weighted by molar-refractivity contribution is 0.669. The van der Waals surface area contributed by atoms with Crippen LogP contribution in [0.3, 0.4) is 0 Å². The molecule has 53 heavy (non-hydrogen) atoms. The van der Waals surface area contributed by atoms with E-state index in [0.717, 1.165) is 65.6 Å². The van der Waals surface area contributed by atoms with Crippen LogP contribution in [-0.2, 0) is 0 Å². The first-order valence-electron chi connectivity index (χ1n) is 16.9. The Morgan fingerprint density at radius 2 is 1.13 bits per heavy atom. The van der Waals surface area contributed by atoms with Gasteiger partial charge < -0.3 is 13.6 Å². The minimum atomic E-state index is 0.0737. The lowest BCUT2D eigenvalue weighted by Crippen LogP contribution is -2.03. The van der Waals surface area contributed by atoms with Gasteiger partial charge in [-0.05, 0) is 54.1 Å². The van der Waals surface area contributed by atoms with E-state index in [9.17, 15) is 10.5 Å². The Labute approximate surface area is 302 Å². The quantitative estimate of drug-likeness (QED) is 0.175. The summed E-state index contributed by atoms with van der Waals surface area (Å²) in [5.74, 6) is 0. The number of furan rings is 1. The molecular weight excluding hydrogens is 653 g/mol. The molecule has 0 aliphatic heterocycles.